The molecule has 10 atom stereocenters. The van der Waals surface area contributed by atoms with Gasteiger partial charge in [0.05, 0.1) is 6.61 Å². The van der Waals surface area contributed by atoms with Crippen molar-refractivity contribution in [1.82, 2.24) is 5.32 Å². The normalized spacial score (nSPS) is 43.9. The number of carboxylic acids is 1. The van der Waals surface area contributed by atoms with Crippen LogP contribution in [0.4, 0.5) is 0 Å². The topological polar surface area (TPSA) is 270 Å². The van der Waals surface area contributed by atoms with Crippen LogP contribution in [0.5, 0.6) is 0 Å². The second-order valence-electron chi connectivity index (χ2n) is 7.07. The molecule has 2 aliphatic rings. The summed E-state index contributed by atoms with van der Waals surface area (Å²) >= 11 is 0. The second kappa shape index (κ2) is 9.16. The molecule has 0 saturated carbocycles. The maximum absolute atomic E-state index is 11.5. The Labute approximate surface area is 174 Å². The maximum Gasteiger partial charge on any atom is 0.397 e. The Balaban J connectivity index is 2.47. The lowest BCUT2D eigenvalue weighted by molar-refractivity contribution is -0.381. The van der Waals surface area contributed by atoms with Crippen molar-refractivity contribution < 1.29 is 72.0 Å². The predicted molar refractivity (Wildman–Crippen MR) is 91.3 cm³/mol. The van der Waals surface area contributed by atoms with Crippen molar-refractivity contribution in [3.63, 3.8) is 0 Å². The molecular weight excluding hydrogens is 454 g/mol. The molecule has 2 rings (SSSR count). The van der Waals surface area contributed by atoms with Gasteiger partial charge in [-0.1, -0.05) is 0 Å². The van der Waals surface area contributed by atoms with Gasteiger partial charge < -0.3 is 50.5 Å². The minimum atomic E-state index is -5.06. The lowest BCUT2D eigenvalue weighted by atomic mass is 9.81. The van der Waals surface area contributed by atoms with Crippen molar-refractivity contribution >= 4 is 22.3 Å². The Morgan fingerprint density at radius 1 is 1.03 bits per heavy atom. The Kier molecular flexibility index (Phi) is 7.61. The molecule has 16 nitrogen and oxygen atoms in total. The Morgan fingerprint density at radius 2 is 1.61 bits per heavy atom. The van der Waals surface area contributed by atoms with Gasteiger partial charge in [0.1, 0.15) is 48.8 Å². The molecule has 2 fully saturated rings. The van der Waals surface area contributed by atoms with Gasteiger partial charge >= 0.3 is 16.4 Å². The molecule has 0 spiro atoms. The van der Waals surface area contributed by atoms with Crippen molar-refractivity contribution in [2.45, 2.75) is 67.6 Å². The van der Waals surface area contributed by atoms with Crippen molar-refractivity contribution in [1.29, 1.82) is 0 Å². The SMILES string of the molecule is CC(=O)N[C@@H]1[C@@H](O)[C@@H](O)[C@@H](COS(=O)(=O)O)OC1(O)C1O[C@H](C(=O)O)[C@@H](O)[C@H](O)[C@H]1O. The first kappa shape index (κ1) is 25.7. The van der Waals surface area contributed by atoms with Crippen LogP contribution >= 0.6 is 0 Å². The van der Waals surface area contributed by atoms with E-state index in [1.54, 1.807) is 0 Å². The van der Waals surface area contributed by atoms with Gasteiger partial charge in [-0.2, -0.15) is 8.42 Å². The maximum atomic E-state index is 11.5. The summed E-state index contributed by atoms with van der Waals surface area (Å²) in [4.78, 5) is 22.9. The fourth-order valence-electron chi connectivity index (χ4n) is 3.41. The van der Waals surface area contributed by atoms with Crippen molar-refractivity contribution in [3.8, 4) is 0 Å². The largest absolute Gasteiger partial charge is 0.479 e. The van der Waals surface area contributed by atoms with E-state index in [1.807, 2.05) is 5.32 Å². The van der Waals surface area contributed by atoms with Gasteiger partial charge in [-0.25, -0.2) is 8.98 Å². The molecule has 0 aromatic carbocycles. The highest BCUT2D eigenvalue weighted by Gasteiger charge is 2.63. The summed E-state index contributed by atoms with van der Waals surface area (Å²) in [6.45, 7) is -0.244. The molecule has 1 amide bonds. The highest BCUT2D eigenvalue weighted by atomic mass is 32.3. The zero-order valence-electron chi connectivity index (χ0n) is 15.7. The monoisotopic (exact) mass is 477 g/mol. The molecular formula is C14H23NO15S. The number of carboxylic acid groups (broad SMARTS) is 1. The van der Waals surface area contributed by atoms with E-state index >= 15 is 0 Å². The fourth-order valence-corrected chi connectivity index (χ4v) is 3.72. The minimum Gasteiger partial charge on any atom is -0.479 e. The number of nitrogens with one attached hydrogen (secondary N) is 1. The minimum absolute atomic E-state index is 0.897. The summed E-state index contributed by atoms with van der Waals surface area (Å²) in [7, 11) is -5.06. The summed E-state index contributed by atoms with van der Waals surface area (Å²) in [6, 6.07) is -2.02. The second-order valence-corrected chi connectivity index (χ2v) is 8.16. The van der Waals surface area contributed by atoms with Gasteiger partial charge in [0.2, 0.25) is 11.7 Å². The molecule has 0 aromatic rings. The number of amides is 1. The fraction of sp³-hybridized carbons (Fsp3) is 0.857. The van der Waals surface area contributed by atoms with Crippen LogP contribution in [-0.2, 0) is 33.6 Å². The third-order valence-corrected chi connectivity index (χ3v) is 5.30. The summed E-state index contributed by atoms with van der Waals surface area (Å²) in [5.41, 5.74) is 0. The first-order valence-corrected chi connectivity index (χ1v) is 10.0. The summed E-state index contributed by atoms with van der Waals surface area (Å²) in [5, 5.41) is 72.9. The molecule has 9 N–H and O–H groups in total. The Hall–Kier alpha value is -1.51. The lowest BCUT2D eigenvalue weighted by Gasteiger charge is -2.53. The first-order chi connectivity index (χ1) is 14.1. The molecule has 0 aromatic heterocycles. The van der Waals surface area contributed by atoms with Crippen LogP contribution in [0.25, 0.3) is 0 Å². The number of rotatable bonds is 6. The number of aliphatic hydroxyl groups is 6. The van der Waals surface area contributed by atoms with Crippen LogP contribution in [0, 0.1) is 0 Å². The molecule has 0 bridgehead atoms. The smallest absolute Gasteiger partial charge is 0.397 e. The molecule has 17 heteroatoms. The molecule has 2 heterocycles. The number of ether oxygens (including phenoxy) is 2. The highest BCUT2D eigenvalue weighted by Crippen LogP contribution is 2.37. The quantitative estimate of drug-likeness (QED) is 0.161. The van der Waals surface area contributed by atoms with Gasteiger partial charge in [0.15, 0.2) is 6.10 Å². The molecule has 31 heavy (non-hydrogen) atoms. The number of aliphatic hydroxyl groups excluding tert-OH is 5. The lowest BCUT2D eigenvalue weighted by Crippen LogP contribution is -2.78. The standard InChI is InChI=1S/C14H23NO15S/c1-3(16)15-11-8(20)5(17)4(2-28-31(25,26)27)30-14(11,24)12-9(21)6(18)7(19)10(29-12)13(22)23/h4-12,17-21,24H,2H2,1H3,(H,15,16)(H,22,23)(H,25,26,27)/t4-,5+,6+,7+,8+,9-,10+,11-,12?,14?/m1/s1. The number of hydrogen-bond acceptors (Lipinski definition) is 13. The van der Waals surface area contributed by atoms with Crippen LogP contribution in [0.15, 0.2) is 0 Å². The van der Waals surface area contributed by atoms with Crippen LogP contribution in [-0.4, -0.2) is 128 Å². The third-order valence-electron chi connectivity index (χ3n) is 4.86. The van der Waals surface area contributed by atoms with Crippen molar-refractivity contribution in [3.05, 3.63) is 0 Å². The van der Waals surface area contributed by atoms with E-state index in [0.717, 1.165) is 6.92 Å². The highest BCUT2D eigenvalue weighted by molar-refractivity contribution is 7.80. The van der Waals surface area contributed by atoms with Crippen LogP contribution in [0.3, 0.4) is 0 Å². The zero-order chi connectivity index (χ0) is 23.9. The van der Waals surface area contributed by atoms with E-state index in [2.05, 4.69) is 4.18 Å². The van der Waals surface area contributed by atoms with E-state index in [0.29, 0.717) is 0 Å². The predicted octanol–water partition coefficient (Wildman–Crippen LogP) is -5.95. The third kappa shape index (κ3) is 5.29. The van der Waals surface area contributed by atoms with E-state index in [1.165, 1.54) is 0 Å². The number of aliphatic carboxylic acids is 1. The number of carbonyl (C=O) groups is 2. The van der Waals surface area contributed by atoms with E-state index in [-0.39, 0.29) is 0 Å². The summed E-state index contributed by atoms with van der Waals surface area (Å²) in [6.07, 6.45) is -17.2. The van der Waals surface area contributed by atoms with Gasteiger partial charge in [-0.05, 0) is 0 Å². The molecule has 180 valence electrons. The van der Waals surface area contributed by atoms with Crippen LogP contribution < -0.4 is 5.32 Å². The number of hydrogen-bond donors (Lipinski definition) is 9. The Bertz CT molecular complexity index is 791. The average molecular weight is 477 g/mol. The first-order valence-electron chi connectivity index (χ1n) is 8.68. The molecule has 2 saturated heterocycles. The van der Waals surface area contributed by atoms with Gasteiger partial charge in [-0.15, -0.1) is 0 Å². The zero-order valence-corrected chi connectivity index (χ0v) is 16.6. The van der Waals surface area contributed by atoms with Crippen molar-refractivity contribution in [2.75, 3.05) is 6.61 Å². The van der Waals surface area contributed by atoms with Crippen molar-refractivity contribution in [2.24, 2.45) is 0 Å². The summed E-state index contributed by atoms with van der Waals surface area (Å²) in [5.74, 6) is -5.82. The molecule has 0 aliphatic carbocycles. The Morgan fingerprint density at radius 3 is 2.10 bits per heavy atom. The summed E-state index contributed by atoms with van der Waals surface area (Å²) < 4.78 is 44.5. The van der Waals surface area contributed by atoms with E-state index in [4.69, 9.17) is 14.0 Å². The van der Waals surface area contributed by atoms with Gasteiger partial charge in [-0.3, -0.25) is 9.35 Å². The molecule has 2 aliphatic heterocycles. The number of carbonyl (C=O) groups excluding carboxylic acids is 1. The van der Waals surface area contributed by atoms with Crippen LogP contribution in [0.1, 0.15) is 6.92 Å². The van der Waals surface area contributed by atoms with E-state index in [9.17, 15) is 53.8 Å². The van der Waals surface area contributed by atoms with E-state index < -0.39 is 89.5 Å². The van der Waals surface area contributed by atoms with Gasteiger partial charge in [0.25, 0.3) is 0 Å². The van der Waals surface area contributed by atoms with Gasteiger partial charge in [0, 0.05) is 6.92 Å². The van der Waals surface area contributed by atoms with Crippen LogP contribution in [0.2, 0.25) is 0 Å². The molecule has 2 unspecified atom stereocenters. The molecule has 0 radical (unpaired) electrons. The average Bonchev–Trinajstić information content (AvgIpc) is 2.64.